The molecule has 2 heterocycles. The summed E-state index contributed by atoms with van der Waals surface area (Å²) in [5, 5.41) is 4.21. The lowest BCUT2D eigenvalue weighted by Crippen LogP contribution is -2.21. The molecule has 130 valence electrons. The van der Waals surface area contributed by atoms with Crippen molar-refractivity contribution in [2.24, 2.45) is 0 Å². The topological polar surface area (TPSA) is 39.4 Å². The fraction of sp³-hybridized carbons (Fsp3) is 0.333. The largest absolute Gasteiger partial charge is 0.497 e. The molecule has 4 nitrogen and oxygen atoms in total. The number of methoxy groups -OCH3 is 1. The molecule has 1 aromatic carbocycles. The van der Waals surface area contributed by atoms with E-state index in [9.17, 15) is 13.2 Å². The van der Waals surface area contributed by atoms with Crippen molar-refractivity contribution in [3.63, 3.8) is 0 Å². The summed E-state index contributed by atoms with van der Waals surface area (Å²) in [6.45, 7) is 0. The van der Waals surface area contributed by atoms with Crippen LogP contribution in [0.25, 0.3) is 16.9 Å². The molecule has 0 fully saturated rings. The third-order valence-electron chi connectivity index (χ3n) is 4.53. The summed E-state index contributed by atoms with van der Waals surface area (Å²) in [6, 6.07) is 8.65. The Morgan fingerprint density at radius 3 is 2.48 bits per heavy atom. The first-order valence-corrected chi connectivity index (χ1v) is 8.10. The van der Waals surface area contributed by atoms with E-state index in [-0.39, 0.29) is 11.2 Å². The Bertz CT molecular complexity index is 929. The summed E-state index contributed by atoms with van der Waals surface area (Å²) in [5.74, 6) is 0.678. The van der Waals surface area contributed by atoms with E-state index in [2.05, 4.69) is 10.1 Å². The van der Waals surface area contributed by atoms with Crippen LogP contribution in [-0.2, 0) is 19.0 Å². The van der Waals surface area contributed by atoms with Crippen molar-refractivity contribution in [1.29, 1.82) is 0 Å². The average molecular weight is 347 g/mol. The predicted octanol–water partition coefficient (Wildman–Crippen LogP) is 4.30. The minimum absolute atomic E-state index is 0.235. The third-order valence-corrected chi connectivity index (χ3v) is 4.53. The Balaban J connectivity index is 1.92. The van der Waals surface area contributed by atoms with Gasteiger partial charge in [0.05, 0.1) is 12.8 Å². The lowest BCUT2D eigenvalue weighted by atomic mass is 9.94. The number of aromatic nitrogens is 3. The number of halogens is 3. The molecule has 0 saturated carbocycles. The van der Waals surface area contributed by atoms with Crippen molar-refractivity contribution in [2.75, 3.05) is 7.11 Å². The summed E-state index contributed by atoms with van der Waals surface area (Å²) in [5.41, 5.74) is 1.56. The van der Waals surface area contributed by atoms with Gasteiger partial charge < -0.3 is 4.74 Å². The molecule has 4 rings (SSSR count). The van der Waals surface area contributed by atoms with Crippen LogP contribution in [0.15, 0.2) is 30.3 Å². The second-order valence-corrected chi connectivity index (χ2v) is 6.12. The molecule has 1 aliphatic rings. The van der Waals surface area contributed by atoms with Gasteiger partial charge in [-0.25, -0.2) is 9.50 Å². The fourth-order valence-corrected chi connectivity index (χ4v) is 3.34. The molecule has 0 radical (unpaired) electrons. The van der Waals surface area contributed by atoms with E-state index in [4.69, 9.17) is 4.74 Å². The molecule has 0 aliphatic heterocycles. The average Bonchev–Trinajstić information content (AvgIpc) is 3.01. The lowest BCUT2D eigenvalue weighted by Gasteiger charge is -2.20. The van der Waals surface area contributed by atoms with Crippen molar-refractivity contribution in [2.45, 2.75) is 31.9 Å². The van der Waals surface area contributed by atoms with Crippen LogP contribution in [0.5, 0.6) is 5.75 Å². The van der Waals surface area contributed by atoms with Gasteiger partial charge in [-0.1, -0.05) is 0 Å². The van der Waals surface area contributed by atoms with Crippen LogP contribution < -0.4 is 4.74 Å². The van der Waals surface area contributed by atoms with Crippen LogP contribution in [0.1, 0.15) is 29.8 Å². The van der Waals surface area contributed by atoms with Gasteiger partial charge in [0.15, 0.2) is 11.3 Å². The first kappa shape index (κ1) is 15.9. The molecule has 0 N–H and O–H groups in total. The number of hydrogen-bond acceptors (Lipinski definition) is 3. The SMILES string of the molecule is COc1ccc(-c2cc3nc4c(c(C(F)(F)F)n3n2)CCCC4)cc1. The zero-order valence-electron chi connectivity index (χ0n) is 13.6. The number of alkyl halides is 3. The smallest absolute Gasteiger partial charge is 0.433 e. The maximum atomic E-state index is 13.7. The normalized spacial score (nSPS) is 14.6. The van der Waals surface area contributed by atoms with Gasteiger partial charge >= 0.3 is 6.18 Å². The minimum atomic E-state index is -4.47. The highest BCUT2D eigenvalue weighted by Gasteiger charge is 2.39. The number of hydrogen-bond donors (Lipinski definition) is 0. The van der Waals surface area contributed by atoms with Gasteiger partial charge in [0.2, 0.25) is 0 Å². The lowest BCUT2D eigenvalue weighted by molar-refractivity contribution is -0.143. The van der Waals surface area contributed by atoms with Crippen molar-refractivity contribution in [3.05, 3.63) is 47.3 Å². The molecule has 0 spiro atoms. The van der Waals surface area contributed by atoms with Gasteiger partial charge in [0.25, 0.3) is 0 Å². The zero-order valence-corrected chi connectivity index (χ0v) is 13.6. The molecule has 1 aliphatic carbocycles. The maximum absolute atomic E-state index is 13.7. The van der Waals surface area contributed by atoms with Gasteiger partial charge in [-0.3, -0.25) is 0 Å². The molecule has 0 bridgehead atoms. The monoisotopic (exact) mass is 347 g/mol. The van der Waals surface area contributed by atoms with Gasteiger partial charge in [-0.15, -0.1) is 0 Å². The molecule has 2 aromatic heterocycles. The molecule has 7 heteroatoms. The predicted molar refractivity (Wildman–Crippen MR) is 86.6 cm³/mol. The van der Waals surface area contributed by atoms with Crippen LogP contribution in [0.2, 0.25) is 0 Å². The second-order valence-electron chi connectivity index (χ2n) is 6.12. The third kappa shape index (κ3) is 2.73. The van der Waals surface area contributed by atoms with Crippen LogP contribution >= 0.6 is 0 Å². The van der Waals surface area contributed by atoms with Gasteiger partial charge in [0.1, 0.15) is 5.75 Å². The quantitative estimate of drug-likeness (QED) is 0.694. The highest BCUT2D eigenvalue weighted by Crippen LogP contribution is 2.37. The minimum Gasteiger partial charge on any atom is -0.497 e. The Kier molecular flexibility index (Phi) is 3.67. The molecule has 3 aromatic rings. The van der Waals surface area contributed by atoms with Crippen LogP contribution in [0, 0.1) is 0 Å². The zero-order chi connectivity index (χ0) is 17.6. The number of benzene rings is 1. The van der Waals surface area contributed by atoms with E-state index in [0.717, 1.165) is 22.9 Å². The van der Waals surface area contributed by atoms with Crippen LogP contribution in [0.4, 0.5) is 13.2 Å². The van der Waals surface area contributed by atoms with E-state index < -0.39 is 11.9 Å². The van der Waals surface area contributed by atoms with Gasteiger partial charge in [0, 0.05) is 22.9 Å². The van der Waals surface area contributed by atoms with E-state index >= 15 is 0 Å². The second kappa shape index (κ2) is 5.75. The number of nitrogens with zero attached hydrogens (tertiary/aromatic N) is 3. The first-order chi connectivity index (χ1) is 12.0. The Labute approximate surface area is 142 Å². The van der Waals surface area contributed by atoms with E-state index in [1.807, 2.05) is 0 Å². The van der Waals surface area contributed by atoms with Crippen LogP contribution in [-0.4, -0.2) is 21.7 Å². The summed E-state index contributed by atoms with van der Waals surface area (Å²) in [4.78, 5) is 4.45. The van der Waals surface area contributed by atoms with Crippen LogP contribution in [0.3, 0.4) is 0 Å². The van der Waals surface area contributed by atoms with Gasteiger partial charge in [-0.05, 0) is 49.9 Å². The number of aryl methyl sites for hydroxylation is 1. The molecule has 0 unspecified atom stereocenters. The summed E-state index contributed by atoms with van der Waals surface area (Å²) in [6.07, 6.45) is -1.88. The Morgan fingerprint density at radius 1 is 1.08 bits per heavy atom. The van der Waals surface area contributed by atoms with Crippen molar-refractivity contribution >= 4 is 5.65 Å². The molecule has 0 saturated heterocycles. The number of rotatable bonds is 2. The molecule has 0 atom stereocenters. The van der Waals surface area contributed by atoms with E-state index in [0.29, 0.717) is 30.0 Å². The number of fused-ring (bicyclic) bond motifs is 2. The Hall–Kier alpha value is -2.57. The summed E-state index contributed by atoms with van der Waals surface area (Å²) >= 11 is 0. The van der Waals surface area contributed by atoms with E-state index in [1.54, 1.807) is 37.4 Å². The van der Waals surface area contributed by atoms with Crippen molar-refractivity contribution in [3.8, 4) is 17.0 Å². The van der Waals surface area contributed by atoms with Crippen molar-refractivity contribution < 1.29 is 17.9 Å². The maximum Gasteiger partial charge on any atom is 0.433 e. The fourth-order valence-electron chi connectivity index (χ4n) is 3.34. The number of ether oxygens (including phenoxy) is 1. The molecular weight excluding hydrogens is 331 g/mol. The standard InChI is InChI=1S/C18H16F3N3O/c1-25-12-8-6-11(7-9-12)15-10-16-22-14-5-3-2-4-13(14)17(18(19,20)21)24(16)23-15/h6-10H,2-5H2,1H3. The first-order valence-electron chi connectivity index (χ1n) is 8.10. The van der Waals surface area contributed by atoms with Gasteiger partial charge in [-0.2, -0.15) is 18.3 Å². The summed E-state index contributed by atoms with van der Waals surface area (Å²) in [7, 11) is 1.56. The molecule has 25 heavy (non-hydrogen) atoms. The highest BCUT2D eigenvalue weighted by atomic mass is 19.4. The van der Waals surface area contributed by atoms with Crippen molar-refractivity contribution in [1.82, 2.24) is 14.6 Å². The van der Waals surface area contributed by atoms with E-state index in [1.165, 1.54) is 0 Å². The Morgan fingerprint density at radius 2 is 1.80 bits per heavy atom. The molecular formula is C18H16F3N3O. The highest BCUT2D eigenvalue weighted by molar-refractivity contribution is 5.65. The molecule has 0 amide bonds. The summed E-state index contributed by atoms with van der Waals surface area (Å²) < 4.78 is 47.2.